The van der Waals surface area contributed by atoms with Crippen LogP contribution in [0.1, 0.15) is 68.5 Å². The maximum Gasteiger partial charge on any atom is 0.278 e. The Bertz CT molecular complexity index is 2790. The molecule has 1 atom stereocenters. The van der Waals surface area contributed by atoms with E-state index in [-0.39, 0.29) is 48.9 Å². The fourth-order valence-corrected chi connectivity index (χ4v) is 10.5. The summed E-state index contributed by atoms with van der Waals surface area (Å²) >= 11 is 0. The minimum atomic E-state index is -1.03. The molecular formula is C52H58N12O6. The third-order valence-corrected chi connectivity index (χ3v) is 14.4. The molecule has 2 saturated carbocycles. The summed E-state index contributed by atoms with van der Waals surface area (Å²) in [7, 11) is 0. The second-order valence-corrected chi connectivity index (χ2v) is 19.3. The first-order chi connectivity index (χ1) is 34.1. The van der Waals surface area contributed by atoms with Gasteiger partial charge in [0, 0.05) is 80.9 Å². The third kappa shape index (κ3) is 10.7. The first kappa shape index (κ1) is 46.3. The summed E-state index contributed by atoms with van der Waals surface area (Å²) in [5.74, 6) is -0.616. The number of hydrogen-bond acceptors (Lipinski definition) is 13. The Kier molecular flexibility index (Phi) is 13.6. The van der Waals surface area contributed by atoms with Gasteiger partial charge < -0.3 is 30.7 Å². The number of nitrogens with one attached hydrogen (secondary N) is 5. The fraction of sp³-hybridized carbons (Fsp3) is 0.404. The summed E-state index contributed by atoms with van der Waals surface area (Å²) in [4.78, 5) is 95.0. The van der Waals surface area contributed by atoms with Crippen LogP contribution < -0.4 is 31.5 Å². The van der Waals surface area contributed by atoms with E-state index in [4.69, 9.17) is 4.98 Å². The molecule has 6 amide bonds. The highest BCUT2D eigenvalue weighted by Gasteiger charge is 2.42. The van der Waals surface area contributed by atoms with Crippen molar-refractivity contribution in [2.24, 2.45) is 11.8 Å². The number of nitrogens with zero attached hydrogens (tertiary/aromatic N) is 7. The zero-order chi connectivity index (χ0) is 48.1. The van der Waals surface area contributed by atoms with Crippen LogP contribution in [-0.2, 0) is 41.6 Å². The summed E-state index contributed by atoms with van der Waals surface area (Å²) in [5, 5.41) is 14.9. The van der Waals surface area contributed by atoms with Gasteiger partial charge in [0.1, 0.15) is 18.1 Å². The molecule has 1 unspecified atom stereocenters. The van der Waals surface area contributed by atoms with Crippen LogP contribution in [-0.4, -0.2) is 116 Å². The highest BCUT2D eigenvalue weighted by atomic mass is 16.2. The number of imide groups is 2. The molecule has 3 aromatic carbocycles. The third-order valence-electron chi connectivity index (χ3n) is 14.4. The van der Waals surface area contributed by atoms with E-state index in [0.29, 0.717) is 41.8 Å². The first-order valence-electron chi connectivity index (χ1n) is 24.5. The molecule has 362 valence electrons. The number of imidazole rings is 1. The molecule has 2 aliphatic carbocycles. The Morgan fingerprint density at radius 1 is 0.729 bits per heavy atom. The molecule has 3 aliphatic heterocycles. The van der Waals surface area contributed by atoms with E-state index in [1.54, 1.807) is 24.5 Å². The minimum absolute atomic E-state index is 0.0290. The Morgan fingerprint density at radius 2 is 1.47 bits per heavy atom. The molecule has 5 heterocycles. The van der Waals surface area contributed by atoms with Gasteiger partial charge in [0.25, 0.3) is 11.8 Å². The van der Waals surface area contributed by atoms with E-state index in [1.165, 1.54) is 5.69 Å². The molecule has 0 radical (unpaired) electrons. The molecule has 0 spiro atoms. The molecule has 5 N–H and O–H groups in total. The number of carbonyl (C=O) groups is 6. The molecule has 5 aromatic rings. The molecule has 5 aliphatic rings. The van der Waals surface area contributed by atoms with E-state index in [0.717, 1.165) is 105 Å². The molecule has 2 saturated heterocycles. The van der Waals surface area contributed by atoms with Crippen molar-refractivity contribution in [3.8, 4) is 0 Å². The van der Waals surface area contributed by atoms with Crippen LogP contribution in [0.3, 0.4) is 0 Å². The number of fused-ring (bicyclic) bond motifs is 1. The van der Waals surface area contributed by atoms with E-state index < -0.39 is 29.7 Å². The number of aromatic nitrogens is 4. The van der Waals surface area contributed by atoms with E-state index in [1.807, 2.05) is 42.7 Å². The van der Waals surface area contributed by atoms with Crippen molar-refractivity contribution in [3.63, 3.8) is 0 Å². The summed E-state index contributed by atoms with van der Waals surface area (Å²) in [5.41, 5.74) is 5.95. The van der Waals surface area contributed by atoms with Crippen LogP contribution in [0.4, 0.5) is 22.9 Å². The number of rotatable bonds is 16. The Hall–Kier alpha value is -7.47. The van der Waals surface area contributed by atoms with Crippen LogP contribution in [0.15, 0.2) is 103 Å². The Balaban J connectivity index is 0.618. The van der Waals surface area contributed by atoms with E-state index in [2.05, 4.69) is 75.2 Å². The van der Waals surface area contributed by atoms with Crippen LogP contribution in [0.25, 0.3) is 11.2 Å². The summed E-state index contributed by atoms with van der Waals surface area (Å²) in [6, 6.07) is 24.7. The monoisotopic (exact) mass is 946 g/mol. The van der Waals surface area contributed by atoms with Gasteiger partial charge in [0.15, 0.2) is 17.0 Å². The molecule has 10 rings (SSSR count). The van der Waals surface area contributed by atoms with Gasteiger partial charge >= 0.3 is 0 Å². The normalized spacial score (nSPS) is 22.9. The lowest BCUT2D eigenvalue weighted by atomic mass is 9.81. The second kappa shape index (κ2) is 20.6. The maximum atomic E-state index is 13.1. The smallest absolute Gasteiger partial charge is 0.278 e. The summed E-state index contributed by atoms with van der Waals surface area (Å²) in [6.45, 7) is 5.71. The number of benzene rings is 3. The largest absolute Gasteiger partial charge is 0.369 e. The van der Waals surface area contributed by atoms with Gasteiger partial charge in [-0.25, -0.2) is 15.0 Å². The molecule has 18 nitrogen and oxygen atoms in total. The van der Waals surface area contributed by atoms with Crippen molar-refractivity contribution in [1.29, 1.82) is 0 Å². The number of piperazine rings is 1. The second-order valence-electron chi connectivity index (χ2n) is 19.3. The van der Waals surface area contributed by atoms with Gasteiger partial charge in [-0.05, 0) is 104 Å². The quantitative estimate of drug-likeness (QED) is 0.0870. The van der Waals surface area contributed by atoms with Crippen molar-refractivity contribution >= 4 is 69.5 Å². The summed E-state index contributed by atoms with van der Waals surface area (Å²) < 4.78 is 2.10. The zero-order valence-corrected chi connectivity index (χ0v) is 39.0. The minimum Gasteiger partial charge on any atom is -0.369 e. The standard InChI is InChI=1S/C52H58N12O6/c65-44-18-17-43(51(69)60-44)64-47(68)28-42(52(64)70)57-38-8-4-7-36(23-38)25-45(66)53-29-34-9-11-35(12-10-34)30-61-19-21-62(22-20-61)40-15-13-37(14-16-40)59-49-48-50(55-31-54-49)63(32-56-48)41-26-39(27-41)58-46(67)24-33-5-2-1-3-6-33/h1-8,13-16,23,28,31-32,34-35,39,41,43,57H,9-12,17-22,24-27,29-30H2,(H,53,66)(H,58,67)(H,54,55,59)(H,60,65,69). The average Bonchev–Trinajstić information content (AvgIpc) is 3.90. The number of anilines is 4. The first-order valence-corrected chi connectivity index (χ1v) is 24.5. The number of hydrogen-bond donors (Lipinski definition) is 5. The van der Waals surface area contributed by atoms with Gasteiger partial charge in [0.05, 0.1) is 19.2 Å². The van der Waals surface area contributed by atoms with Gasteiger partial charge in [0.2, 0.25) is 23.6 Å². The van der Waals surface area contributed by atoms with Crippen molar-refractivity contribution in [1.82, 2.24) is 45.3 Å². The van der Waals surface area contributed by atoms with Crippen LogP contribution in [0, 0.1) is 11.8 Å². The van der Waals surface area contributed by atoms with E-state index in [9.17, 15) is 28.8 Å². The summed E-state index contributed by atoms with van der Waals surface area (Å²) in [6.07, 6.45) is 11.4. The molecule has 70 heavy (non-hydrogen) atoms. The predicted octanol–water partition coefficient (Wildman–Crippen LogP) is 4.39. The molecule has 18 heteroatoms. The van der Waals surface area contributed by atoms with Crippen molar-refractivity contribution in [2.75, 3.05) is 54.8 Å². The number of piperidine rings is 1. The van der Waals surface area contributed by atoms with Gasteiger partial charge in [-0.2, -0.15) is 0 Å². The highest BCUT2D eigenvalue weighted by molar-refractivity contribution is 6.20. The van der Waals surface area contributed by atoms with Crippen molar-refractivity contribution in [3.05, 3.63) is 114 Å². The zero-order valence-electron chi connectivity index (χ0n) is 39.0. The van der Waals surface area contributed by atoms with Gasteiger partial charge in [-0.1, -0.05) is 42.5 Å². The van der Waals surface area contributed by atoms with Crippen LogP contribution in [0.5, 0.6) is 0 Å². The Morgan fingerprint density at radius 3 is 2.24 bits per heavy atom. The highest BCUT2D eigenvalue weighted by Crippen LogP contribution is 2.36. The van der Waals surface area contributed by atoms with E-state index >= 15 is 0 Å². The maximum absolute atomic E-state index is 13.1. The van der Waals surface area contributed by atoms with Crippen molar-refractivity contribution in [2.45, 2.75) is 82.3 Å². The lowest BCUT2D eigenvalue weighted by molar-refractivity contribution is -0.149. The lowest BCUT2D eigenvalue weighted by Crippen LogP contribution is -2.54. The molecule has 4 fully saturated rings. The molecule has 0 bridgehead atoms. The number of carbonyl (C=O) groups excluding carboxylic acids is 6. The van der Waals surface area contributed by atoms with Crippen molar-refractivity contribution < 1.29 is 28.8 Å². The Labute approximate surface area is 405 Å². The lowest BCUT2D eigenvalue weighted by Gasteiger charge is -2.39. The SMILES string of the molecule is O=C(Cc1cccc(NC2=CC(=O)N(C3CCC(=O)NC3=O)C2=O)c1)NCC1CCC(CN2CCN(c3ccc(Nc4ncnc5c4ncn5C4CC(NC(=O)Cc5ccccc5)C4)cc3)CC2)CC1. The predicted molar refractivity (Wildman–Crippen MR) is 262 cm³/mol. The average molecular weight is 947 g/mol. The topological polar surface area (TPSA) is 216 Å². The van der Waals surface area contributed by atoms with Crippen LogP contribution >= 0.6 is 0 Å². The molecular weight excluding hydrogens is 889 g/mol. The molecule has 2 aromatic heterocycles. The van der Waals surface area contributed by atoms with Gasteiger partial charge in [-0.3, -0.25) is 43.9 Å². The number of amides is 6. The fourth-order valence-electron chi connectivity index (χ4n) is 10.5. The van der Waals surface area contributed by atoms with Crippen LogP contribution in [0.2, 0.25) is 0 Å². The van der Waals surface area contributed by atoms with Gasteiger partial charge in [-0.15, -0.1) is 0 Å².